The molecule has 1 aliphatic rings. The maximum atomic E-state index is 3.73. The first-order valence-electron chi connectivity index (χ1n) is 7.11. The van der Waals surface area contributed by atoms with Gasteiger partial charge in [-0.1, -0.05) is 36.4 Å². The molecule has 2 N–H and O–H groups in total. The van der Waals surface area contributed by atoms with Crippen molar-refractivity contribution in [3.63, 3.8) is 0 Å². The van der Waals surface area contributed by atoms with Crippen molar-refractivity contribution in [2.45, 2.75) is 25.8 Å². The normalized spacial score (nSPS) is 20.9. The molecule has 1 aliphatic heterocycles. The summed E-state index contributed by atoms with van der Waals surface area (Å²) in [4.78, 5) is 3.52. The molecule has 1 aromatic heterocycles. The summed E-state index contributed by atoms with van der Waals surface area (Å²) in [7, 11) is 0. The molecule has 20 heavy (non-hydrogen) atoms. The van der Waals surface area contributed by atoms with Crippen LogP contribution in [-0.4, -0.2) is 4.98 Å². The van der Waals surface area contributed by atoms with Gasteiger partial charge < -0.3 is 10.3 Å². The fourth-order valence-corrected chi connectivity index (χ4v) is 3.66. The zero-order valence-electron chi connectivity index (χ0n) is 11.8. The number of aromatic nitrogens is 1. The van der Waals surface area contributed by atoms with Gasteiger partial charge in [-0.25, -0.2) is 0 Å². The monoisotopic (exact) mass is 262 g/mol. The summed E-state index contributed by atoms with van der Waals surface area (Å²) in [5.41, 5.74) is 6.50. The molecule has 2 aromatic carbocycles. The van der Waals surface area contributed by atoms with Crippen LogP contribution < -0.4 is 5.32 Å². The summed E-state index contributed by atoms with van der Waals surface area (Å²) in [6.45, 7) is 4.47. The van der Waals surface area contributed by atoms with Crippen LogP contribution in [0.4, 0.5) is 5.69 Å². The number of H-pyrrole nitrogens is 1. The second-order valence-corrected chi connectivity index (χ2v) is 5.96. The van der Waals surface area contributed by atoms with Gasteiger partial charge in [0, 0.05) is 34.3 Å². The number of hydrogen-bond acceptors (Lipinski definition) is 1. The number of hydrogen-bond donors (Lipinski definition) is 2. The zero-order chi connectivity index (χ0) is 13.7. The minimum atomic E-state index is -0.0344. The van der Waals surface area contributed by atoms with Crippen LogP contribution in [0, 0.1) is 6.92 Å². The largest absolute Gasteiger partial charge is 0.375 e. The van der Waals surface area contributed by atoms with Crippen molar-refractivity contribution in [3.8, 4) is 0 Å². The van der Waals surface area contributed by atoms with Crippen molar-refractivity contribution in [2.24, 2.45) is 0 Å². The van der Waals surface area contributed by atoms with Crippen LogP contribution in [0.25, 0.3) is 10.9 Å². The minimum Gasteiger partial charge on any atom is -0.375 e. The Labute approximate surface area is 118 Å². The summed E-state index contributed by atoms with van der Waals surface area (Å²) in [5, 5.41) is 5.05. The van der Waals surface area contributed by atoms with Crippen LogP contribution in [0.2, 0.25) is 0 Å². The van der Waals surface area contributed by atoms with Gasteiger partial charge in [0.15, 0.2) is 0 Å². The van der Waals surface area contributed by atoms with Gasteiger partial charge >= 0.3 is 0 Å². The maximum absolute atomic E-state index is 3.73. The number of aromatic amines is 1. The fourth-order valence-electron chi connectivity index (χ4n) is 3.66. The highest BCUT2D eigenvalue weighted by Gasteiger charge is 2.36. The molecule has 0 radical (unpaired) electrons. The van der Waals surface area contributed by atoms with Crippen molar-refractivity contribution in [1.29, 1.82) is 0 Å². The number of para-hydroxylation sites is 2. The summed E-state index contributed by atoms with van der Waals surface area (Å²) >= 11 is 0. The molecule has 0 spiro atoms. The van der Waals surface area contributed by atoms with Gasteiger partial charge in [0.05, 0.1) is 5.54 Å². The second kappa shape index (κ2) is 3.89. The quantitative estimate of drug-likeness (QED) is 0.670. The van der Waals surface area contributed by atoms with E-state index < -0.39 is 0 Å². The molecule has 4 rings (SSSR count). The highest BCUT2D eigenvalue weighted by Crippen LogP contribution is 2.42. The van der Waals surface area contributed by atoms with E-state index in [2.05, 4.69) is 72.7 Å². The van der Waals surface area contributed by atoms with E-state index in [1.54, 1.807) is 0 Å². The number of benzene rings is 2. The number of fused-ring (bicyclic) bond motifs is 2. The molecule has 100 valence electrons. The third-order valence-electron chi connectivity index (χ3n) is 4.42. The Balaban J connectivity index is 1.90. The van der Waals surface area contributed by atoms with Gasteiger partial charge in [-0.05, 0) is 31.5 Å². The smallest absolute Gasteiger partial charge is 0.0661 e. The SMILES string of the molecule is Cc1[nH]c2ccccc2c1C1(C)Cc2ccccc2N1. The molecule has 1 atom stereocenters. The van der Waals surface area contributed by atoms with E-state index in [0.29, 0.717) is 0 Å². The van der Waals surface area contributed by atoms with Crippen molar-refractivity contribution in [1.82, 2.24) is 4.98 Å². The zero-order valence-corrected chi connectivity index (χ0v) is 11.8. The van der Waals surface area contributed by atoms with Crippen molar-refractivity contribution < 1.29 is 0 Å². The number of aryl methyl sites for hydroxylation is 1. The van der Waals surface area contributed by atoms with Gasteiger partial charge in [0.25, 0.3) is 0 Å². The molecule has 0 bridgehead atoms. The number of nitrogens with one attached hydrogen (secondary N) is 2. The first-order chi connectivity index (χ1) is 9.67. The predicted octanol–water partition coefficient (Wildman–Crippen LogP) is 4.36. The Morgan fingerprint density at radius 3 is 2.60 bits per heavy atom. The molecule has 1 unspecified atom stereocenters. The first-order valence-corrected chi connectivity index (χ1v) is 7.11. The highest BCUT2D eigenvalue weighted by atomic mass is 15.0. The Morgan fingerprint density at radius 1 is 1.00 bits per heavy atom. The molecule has 0 saturated heterocycles. The Morgan fingerprint density at radius 2 is 1.75 bits per heavy atom. The molecule has 0 amide bonds. The van der Waals surface area contributed by atoms with Crippen LogP contribution in [0.5, 0.6) is 0 Å². The predicted molar refractivity (Wildman–Crippen MR) is 84.2 cm³/mol. The number of rotatable bonds is 1. The topological polar surface area (TPSA) is 27.8 Å². The Bertz CT molecular complexity index is 773. The van der Waals surface area contributed by atoms with E-state index in [1.807, 2.05) is 0 Å². The first kappa shape index (κ1) is 11.6. The second-order valence-electron chi connectivity index (χ2n) is 5.96. The third-order valence-corrected chi connectivity index (χ3v) is 4.42. The summed E-state index contributed by atoms with van der Waals surface area (Å²) in [5.74, 6) is 0. The molecule has 2 heterocycles. The summed E-state index contributed by atoms with van der Waals surface area (Å²) in [6, 6.07) is 17.2. The van der Waals surface area contributed by atoms with E-state index in [1.165, 1.54) is 33.4 Å². The van der Waals surface area contributed by atoms with Gasteiger partial charge in [-0.3, -0.25) is 0 Å². The lowest BCUT2D eigenvalue weighted by atomic mass is 9.87. The van der Waals surface area contributed by atoms with E-state index in [4.69, 9.17) is 0 Å². The molecule has 2 heteroatoms. The highest BCUT2D eigenvalue weighted by molar-refractivity contribution is 5.86. The van der Waals surface area contributed by atoms with Crippen LogP contribution in [0.3, 0.4) is 0 Å². The van der Waals surface area contributed by atoms with Crippen LogP contribution in [0.15, 0.2) is 48.5 Å². The van der Waals surface area contributed by atoms with Gasteiger partial charge in [-0.2, -0.15) is 0 Å². The molecular formula is C18H18N2. The molecule has 3 aromatic rings. The lowest BCUT2D eigenvalue weighted by Gasteiger charge is -2.26. The van der Waals surface area contributed by atoms with Gasteiger partial charge in [-0.15, -0.1) is 0 Å². The van der Waals surface area contributed by atoms with E-state index >= 15 is 0 Å². The number of anilines is 1. The van der Waals surface area contributed by atoms with E-state index in [9.17, 15) is 0 Å². The van der Waals surface area contributed by atoms with E-state index in [-0.39, 0.29) is 5.54 Å². The molecule has 0 fully saturated rings. The average molecular weight is 262 g/mol. The van der Waals surface area contributed by atoms with Crippen LogP contribution >= 0.6 is 0 Å². The van der Waals surface area contributed by atoms with Crippen molar-refractivity contribution in [3.05, 3.63) is 65.4 Å². The third kappa shape index (κ3) is 1.51. The standard InChI is InChI=1S/C18H18N2/c1-12-17(14-8-4-6-10-16(14)19-12)18(2)11-13-7-3-5-9-15(13)20-18/h3-10,19-20H,11H2,1-2H3. The average Bonchev–Trinajstić information content (AvgIpc) is 2.94. The van der Waals surface area contributed by atoms with E-state index in [0.717, 1.165) is 6.42 Å². The summed E-state index contributed by atoms with van der Waals surface area (Å²) in [6.07, 6.45) is 1.03. The molecular weight excluding hydrogens is 244 g/mol. The lowest BCUT2D eigenvalue weighted by Crippen LogP contribution is -2.29. The van der Waals surface area contributed by atoms with Crippen LogP contribution in [0.1, 0.15) is 23.7 Å². The Kier molecular flexibility index (Phi) is 2.25. The van der Waals surface area contributed by atoms with Crippen LogP contribution in [-0.2, 0) is 12.0 Å². The molecule has 0 aliphatic carbocycles. The fraction of sp³-hybridized carbons (Fsp3) is 0.222. The molecule has 2 nitrogen and oxygen atoms in total. The van der Waals surface area contributed by atoms with Crippen molar-refractivity contribution >= 4 is 16.6 Å². The Hall–Kier alpha value is -2.22. The summed E-state index contributed by atoms with van der Waals surface area (Å²) < 4.78 is 0. The minimum absolute atomic E-state index is 0.0344. The molecule has 0 saturated carbocycles. The maximum Gasteiger partial charge on any atom is 0.0661 e. The van der Waals surface area contributed by atoms with Gasteiger partial charge in [0.2, 0.25) is 0 Å². The van der Waals surface area contributed by atoms with Gasteiger partial charge in [0.1, 0.15) is 0 Å². The lowest BCUT2D eigenvalue weighted by molar-refractivity contribution is 0.570. The van der Waals surface area contributed by atoms with Crippen molar-refractivity contribution in [2.75, 3.05) is 5.32 Å².